The highest BCUT2D eigenvalue weighted by Gasteiger charge is 2.12. The lowest BCUT2D eigenvalue weighted by Crippen LogP contribution is -2.36. The van der Waals surface area contributed by atoms with E-state index < -0.39 is 0 Å². The summed E-state index contributed by atoms with van der Waals surface area (Å²) in [5.74, 6) is 0.892. The van der Waals surface area contributed by atoms with Crippen LogP contribution in [0.1, 0.15) is 5.56 Å². The van der Waals surface area contributed by atoms with E-state index in [4.69, 9.17) is 9.47 Å². The maximum absolute atomic E-state index is 12.0. The Balaban J connectivity index is 2.79. The molecule has 0 fully saturated rings. The molecule has 0 aromatic heterocycles. The van der Waals surface area contributed by atoms with Crippen molar-refractivity contribution in [2.45, 2.75) is 0 Å². The first-order valence-electron chi connectivity index (χ1n) is 6.74. The first kappa shape index (κ1) is 17.6. The molecule has 0 unspecified atom stereocenters. The summed E-state index contributed by atoms with van der Waals surface area (Å²) in [4.78, 5) is 26.4. The molecule has 0 heterocycles. The van der Waals surface area contributed by atoms with E-state index in [1.807, 2.05) is 0 Å². The number of rotatable bonds is 6. The number of methoxy groups -OCH3 is 2. The van der Waals surface area contributed by atoms with Crippen LogP contribution in [-0.2, 0) is 9.59 Å². The lowest BCUT2D eigenvalue weighted by molar-refractivity contribution is -0.135. The van der Waals surface area contributed by atoms with Crippen molar-refractivity contribution in [3.8, 4) is 11.5 Å². The molecular weight excluding hydrogens is 284 g/mol. The van der Waals surface area contributed by atoms with Gasteiger partial charge in [0.05, 0.1) is 20.8 Å². The average molecular weight is 306 g/mol. The smallest absolute Gasteiger partial charge is 0.246 e. The number of ether oxygens (including phenoxy) is 2. The number of hydrogen-bond acceptors (Lipinski definition) is 4. The summed E-state index contributed by atoms with van der Waals surface area (Å²) >= 11 is 0. The van der Waals surface area contributed by atoms with Crippen molar-refractivity contribution in [2.75, 3.05) is 41.9 Å². The normalized spacial score (nSPS) is 10.4. The summed E-state index contributed by atoms with van der Waals surface area (Å²) < 4.78 is 10.4. The Morgan fingerprint density at radius 1 is 1.14 bits per heavy atom. The molecule has 1 aromatic carbocycles. The van der Waals surface area contributed by atoms with Crippen LogP contribution in [0.2, 0.25) is 0 Å². The summed E-state index contributed by atoms with van der Waals surface area (Å²) in [5.41, 5.74) is 0.754. The van der Waals surface area contributed by atoms with Crippen molar-refractivity contribution in [1.82, 2.24) is 9.80 Å². The predicted octanol–water partition coefficient (Wildman–Crippen LogP) is 1.26. The minimum atomic E-state index is -0.256. The fourth-order valence-electron chi connectivity index (χ4n) is 1.67. The van der Waals surface area contributed by atoms with Gasteiger partial charge in [0, 0.05) is 38.8 Å². The fourth-order valence-corrected chi connectivity index (χ4v) is 1.67. The van der Waals surface area contributed by atoms with E-state index in [1.165, 1.54) is 15.9 Å². The third kappa shape index (κ3) is 4.80. The van der Waals surface area contributed by atoms with Crippen LogP contribution >= 0.6 is 0 Å². The molecular formula is C16H22N2O4. The summed E-state index contributed by atoms with van der Waals surface area (Å²) in [6.07, 6.45) is 3.06. The van der Waals surface area contributed by atoms with Crippen molar-refractivity contribution in [3.63, 3.8) is 0 Å². The van der Waals surface area contributed by atoms with Crippen LogP contribution in [0, 0.1) is 0 Å². The predicted molar refractivity (Wildman–Crippen MR) is 84.9 cm³/mol. The molecule has 1 aromatic rings. The molecule has 6 nitrogen and oxygen atoms in total. The number of amides is 2. The Labute approximate surface area is 130 Å². The second-order valence-corrected chi connectivity index (χ2v) is 4.92. The second-order valence-electron chi connectivity index (χ2n) is 4.92. The van der Waals surface area contributed by atoms with Crippen LogP contribution in [-0.4, -0.2) is 63.5 Å². The highest BCUT2D eigenvalue weighted by molar-refractivity contribution is 5.94. The van der Waals surface area contributed by atoms with Gasteiger partial charge in [0.25, 0.3) is 0 Å². The molecule has 22 heavy (non-hydrogen) atoms. The molecule has 0 aliphatic rings. The largest absolute Gasteiger partial charge is 0.497 e. The molecule has 6 heteroatoms. The zero-order valence-corrected chi connectivity index (χ0v) is 13.6. The maximum atomic E-state index is 12.0. The third-order valence-electron chi connectivity index (χ3n) is 3.09. The van der Waals surface area contributed by atoms with Gasteiger partial charge in [-0.05, 0) is 18.2 Å². The topological polar surface area (TPSA) is 59.1 Å². The van der Waals surface area contributed by atoms with Crippen LogP contribution in [0.25, 0.3) is 6.08 Å². The van der Waals surface area contributed by atoms with Crippen molar-refractivity contribution in [1.29, 1.82) is 0 Å². The number of benzene rings is 1. The second kappa shape index (κ2) is 8.07. The van der Waals surface area contributed by atoms with Gasteiger partial charge in [-0.15, -0.1) is 0 Å². The molecule has 0 N–H and O–H groups in total. The van der Waals surface area contributed by atoms with Crippen LogP contribution < -0.4 is 9.47 Å². The first-order valence-corrected chi connectivity index (χ1v) is 6.74. The number of hydrogen-bond donors (Lipinski definition) is 0. The highest BCUT2D eigenvalue weighted by Crippen LogP contribution is 2.25. The third-order valence-corrected chi connectivity index (χ3v) is 3.09. The van der Waals surface area contributed by atoms with Gasteiger partial charge in [-0.3, -0.25) is 9.59 Å². The molecule has 0 radical (unpaired) electrons. The number of carbonyl (C=O) groups is 2. The molecule has 2 amide bonds. The van der Waals surface area contributed by atoms with Gasteiger partial charge in [0.2, 0.25) is 11.8 Å². The minimum absolute atomic E-state index is 0.0376. The Hall–Kier alpha value is -2.50. The summed E-state index contributed by atoms with van der Waals surface area (Å²) in [6, 6.07) is 5.32. The SMILES string of the molecule is COc1ccc(/C=C/C(=O)N(C)CC(=O)N(C)C)c(OC)c1. The van der Waals surface area contributed by atoms with Gasteiger partial charge in [0.1, 0.15) is 11.5 Å². The summed E-state index contributed by atoms with van der Waals surface area (Å²) in [5, 5.41) is 0. The number of carbonyl (C=O) groups excluding carboxylic acids is 2. The van der Waals surface area contributed by atoms with Crippen molar-refractivity contribution >= 4 is 17.9 Å². The first-order chi connectivity index (χ1) is 10.4. The fraction of sp³-hybridized carbons (Fsp3) is 0.375. The lowest BCUT2D eigenvalue weighted by atomic mass is 10.1. The molecule has 0 aliphatic heterocycles. The van der Waals surface area contributed by atoms with E-state index in [9.17, 15) is 9.59 Å². The lowest BCUT2D eigenvalue weighted by Gasteiger charge is -2.17. The van der Waals surface area contributed by atoms with E-state index in [1.54, 1.807) is 59.6 Å². The van der Waals surface area contributed by atoms with Crippen molar-refractivity contribution in [2.24, 2.45) is 0 Å². The molecule has 0 saturated heterocycles. The number of likely N-dealkylation sites (N-methyl/N-ethyl adjacent to an activating group) is 2. The molecule has 0 saturated carbocycles. The number of nitrogens with zero attached hydrogens (tertiary/aromatic N) is 2. The standard InChI is InChI=1S/C16H22N2O4/c1-17(2)16(20)11-18(3)15(19)9-7-12-6-8-13(21-4)10-14(12)22-5/h6-10H,11H2,1-5H3/b9-7+. The molecule has 0 aliphatic carbocycles. The Bertz CT molecular complexity index is 567. The summed E-state index contributed by atoms with van der Waals surface area (Å²) in [7, 11) is 8.01. The zero-order chi connectivity index (χ0) is 16.7. The Kier molecular flexibility index (Phi) is 6.44. The van der Waals surface area contributed by atoms with E-state index in [0.29, 0.717) is 11.5 Å². The van der Waals surface area contributed by atoms with E-state index >= 15 is 0 Å². The Morgan fingerprint density at radius 3 is 2.36 bits per heavy atom. The monoisotopic (exact) mass is 306 g/mol. The molecule has 120 valence electrons. The van der Waals surface area contributed by atoms with Crippen LogP contribution in [0.15, 0.2) is 24.3 Å². The van der Waals surface area contributed by atoms with E-state index in [-0.39, 0.29) is 18.4 Å². The van der Waals surface area contributed by atoms with Gasteiger partial charge in [0.15, 0.2) is 0 Å². The van der Waals surface area contributed by atoms with Gasteiger partial charge in [-0.1, -0.05) is 0 Å². The van der Waals surface area contributed by atoms with Gasteiger partial charge >= 0.3 is 0 Å². The van der Waals surface area contributed by atoms with Gasteiger partial charge in [-0.25, -0.2) is 0 Å². The quantitative estimate of drug-likeness (QED) is 0.743. The molecule has 0 spiro atoms. The van der Waals surface area contributed by atoms with Crippen LogP contribution in [0.3, 0.4) is 0 Å². The van der Waals surface area contributed by atoms with Crippen LogP contribution in [0.4, 0.5) is 0 Å². The molecule has 0 atom stereocenters. The Morgan fingerprint density at radius 2 is 1.82 bits per heavy atom. The molecule has 1 rings (SSSR count). The highest BCUT2D eigenvalue weighted by atomic mass is 16.5. The summed E-state index contributed by atoms with van der Waals surface area (Å²) in [6.45, 7) is 0.0376. The molecule has 0 bridgehead atoms. The van der Waals surface area contributed by atoms with Crippen LogP contribution in [0.5, 0.6) is 11.5 Å². The van der Waals surface area contributed by atoms with Gasteiger partial charge < -0.3 is 19.3 Å². The van der Waals surface area contributed by atoms with Gasteiger partial charge in [-0.2, -0.15) is 0 Å². The zero-order valence-electron chi connectivity index (χ0n) is 13.6. The van der Waals surface area contributed by atoms with E-state index in [0.717, 1.165) is 5.56 Å². The van der Waals surface area contributed by atoms with Crippen molar-refractivity contribution < 1.29 is 19.1 Å². The van der Waals surface area contributed by atoms with Crippen molar-refractivity contribution in [3.05, 3.63) is 29.8 Å². The average Bonchev–Trinajstić information content (AvgIpc) is 2.51. The minimum Gasteiger partial charge on any atom is -0.497 e. The van der Waals surface area contributed by atoms with E-state index in [2.05, 4.69) is 0 Å². The maximum Gasteiger partial charge on any atom is 0.246 e.